The first-order valence-electron chi connectivity index (χ1n) is 9.11. The second-order valence-corrected chi connectivity index (χ2v) is 7.62. The Kier molecular flexibility index (Phi) is 8.61. The van der Waals surface area contributed by atoms with Crippen LogP contribution in [0, 0.1) is 5.92 Å². The van der Waals surface area contributed by atoms with E-state index < -0.39 is 0 Å². The topological polar surface area (TPSA) is 64.2 Å². The molecule has 2 rings (SSSR count). The Morgan fingerprint density at radius 3 is 2.59 bits per heavy atom. The summed E-state index contributed by atoms with van der Waals surface area (Å²) in [5.41, 5.74) is 2.18. The molecular weight excluding hydrogens is 408 g/mol. The van der Waals surface area contributed by atoms with Crippen molar-refractivity contribution >= 4 is 21.8 Å². The van der Waals surface area contributed by atoms with Gasteiger partial charge in [0.2, 0.25) is 0 Å². The van der Waals surface area contributed by atoms with E-state index in [1.807, 2.05) is 42.5 Å². The molecule has 6 heteroatoms. The molecule has 0 unspecified atom stereocenters. The van der Waals surface area contributed by atoms with Crippen molar-refractivity contribution in [3.63, 3.8) is 0 Å². The molecule has 0 aliphatic heterocycles. The smallest absolute Gasteiger partial charge is 0.258 e. The van der Waals surface area contributed by atoms with Crippen LogP contribution < -0.4 is 20.1 Å². The molecule has 0 heterocycles. The minimum absolute atomic E-state index is 0.0611. The molecule has 0 spiro atoms. The average Bonchev–Trinajstić information content (AvgIpc) is 2.66. The highest BCUT2D eigenvalue weighted by Crippen LogP contribution is 2.33. The highest BCUT2D eigenvalue weighted by Gasteiger charge is 2.13. The quantitative estimate of drug-likeness (QED) is 0.602. The highest BCUT2D eigenvalue weighted by atomic mass is 79.9. The lowest BCUT2D eigenvalue weighted by molar-refractivity contribution is -0.675. The summed E-state index contributed by atoms with van der Waals surface area (Å²) in [4.78, 5) is 12.1. The van der Waals surface area contributed by atoms with E-state index in [-0.39, 0.29) is 12.5 Å². The molecule has 2 aromatic rings. The van der Waals surface area contributed by atoms with Crippen molar-refractivity contribution in [3.05, 3.63) is 58.1 Å². The SMILES string of the molecule is COc1cc(C[NH2+]CC(C)C)c(Br)cc1OCC(=O)NCc1ccccc1. The molecular formula is C21H28BrN2O3+. The van der Waals surface area contributed by atoms with Gasteiger partial charge in [0.05, 0.1) is 13.7 Å². The summed E-state index contributed by atoms with van der Waals surface area (Å²) in [7, 11) is 1.60. The van der Waals surface area contributed by atoms with Gasteiger partial charge in [-0.2, -0.15) is 0 Å². The molecule has 5 nitrogen and oxygen atoms in total. The van der Waals surface area contributed by atoms with Crippen LogP contribution in [0.5, 0.6) is 11.5 Å². The summed E-state index contributed by atoms with van der Waals surface area (Å²) >= 11 is 3.59. The van der Waals surface area contributed by atoms with Gasteiger partial charge in [0.15, 0.2) is 18.1 Å². The standard InChI is InChI=1S/C21H27BrN2O3/c1-15(2)11-23-13-17-9-19(26-3)20(10-18(17)22)27-14-21(25)24-12-16-7-5-4-6-8-16/h4-10,15,23H,11-14H2,1-3H3,(H,24,25)/p+1. The molecule has 0 aliphatic rings. The van der Waals surface area contributed by atoms with Crippen molar-refractivity contribution in [2.45, 2.75) is 26.9 Å². The number of nitrogens with two attached hydrogens (primary N) is 1. The fourth-order valence-corrected chi connectivity index (χ4v) is 3.05. The number of hydrogen-bond donors (Lipinski definition) is 2. The summed E-state index contributed by atoms with van der Waals surface area (Å²) in [5.74, 6) is 1.64. The number of nitrogens with one attached hydrogen (secondary N) is 1. The Morgan fingerprint density at radius 2 is 1.93 bits per heavy atom. The normalized spacial score (nSPS) is 10.7. The van der Waals surface area contributed by atoms with Crippen LogP contribution >= 0.6 is 15.9 Å². The molecule has 0 fully saturated rings. The predicted octanol–water partition coefficient (Wildman–Crippen LogP) is 2.87. The van der Waals surface area contributed by atoms with Crippen LogP contribution in [-0.4, -0.2) is 26.2 Å². The molecule has 0 radical (unpaired) electrons. The molecule has 0 saturated carbocycles. The number of quaternary nitrogens is 1. The number of halogens is 1. The van der Waals surface area contributed by atoms with Gasteiger partial charge in [0, 0.05) is 22.5 Å². The number of ether oxygens (including phenoxy) is 2. The van der Waals surface area contributed by atoms with Crippen molar-refractivity contribution in [2.24, 2.45) is 5.92 Å². The Balaban J connectivity index is 1.91. The van der Waals surface area contributed by atoms with E-state index in [0.717, 1.165) is 28.7 Å². The predicted molar refractivity (Wildman–Crippen MR) is 110 cm³/mol. The van der Waals surface area contributed by atoms with Crippen LogP contribution in [-0.2, 0) is 17.9 Å². The Labute approximate surface area is 169 Å². The van der Waals surface area contributed by atoms with E-state index in [2.05, 4.69) is 40.4 Å². The minimum Gasteiger partial charge on any atom is -0.493 e. The van der Waals surface area contributed by atoms with Crippen LogP contribution in [0.15, 0.2) is 46.9 Å². The maximum atomic E-state index is 12.1. The monoisotopic (exact) mass is 435 g/mol. The third kappa shape index (κ3) is 7.23. The molecule has 3 N–H and O–H groups in total. The summed E-state index contributed by atoms with van der Waals surface area (Å²) in [6.07, 6.45) is 0. The van der Waals surface area contributed by atoms with Crippen molar-refractivity contribution < 1.29 is 19.6 Å². The van der Waals surface area contributed by atoms with Gasteiger partial charge in [-0.25, -0.2) is 0 Å². The Morgan fingerprint density at radius 1 is 1.19 bits per heavy atom. The average molecular weight is 436 g/mol. The largest absolute Gasteiger partial charge is 0.493 e. The number of rotatable bonds is 10. The third-order valence-corrected chi connectivity index (χ3v) is 4.76. The molecule has 27 heavy (non-hydrogen) atoms. The molecule has 0 saturated heterocycles. The number of amides is 1. The second-order valence-electron chi connectivity index (χ2n) is 6.77. The first-order valence-corrected chi connectivity index (χ1v) is 9.90. The van der Waals surface area contributed by atoms with Crippen LogP contribution in [0.3, 0.4) is 0 Å². The first-order chi connectivity index (χ1) is 13.0. The van der Waals surface area contributed by atoms with Crippen molar-refractivity contribution in [1.29, 1.82) is 0 Å². The van der Waals surface area contributed by atoms with E-state index in [0.29, 0.717) is 24.0 Å². The molecule has 2 aromatic carbocycles. The van der Waals surface area contributed by atoms with E-state index in [1.54, 1.807) is 7.11 Å². The third-order valence-electron chi connectivity index (χ3n) is 4.03. The van der Waals surface area contributed by atoms with Gasteiger partial charge in [-0.3, -0.25) is 4.79 Å². The summed E-state index contributed by atoms with van der Waals surface area (Å²) in [5, 5.41) is 5.12. The lowest BCUT2D eigenvalue weighted by atomic mass is 10.1. The van der Waals surface area contributed by atoms with E-state index >= 15 is 0 Å². The zero-order chi connectivity index (χ0) is 19.6. The highest BCUT2D eigenvalue weighted by molar-refractivity contribution is 9.10. The zero-order valence-electron chi connectivity index (χ0n) is 16.1. The van der Waals surface area contributed by atoms with Crippen LogP contribution in [0.2, 0.25) is 0 Å². The number of benzene rings is 2. The van der Waals surface area contributed by atoms with E-state index in [4.69, 9.17) is 9.47 Å². The molecule has 0 atom stereocenters. The number of hydrogen-bond acceptors (Lipinski definition) is 3. The lowest BCUT2D eigenvalue weighted by Crippen LogP contribution is -2.83. The van der Waals surface area contributed by atoms with Crippen LogP contribution in [0.25, 0.3) is 0 Å². The second kappa shape index (κ2) is 10.9. The van der Waals surface area contributed by atoms with Crippen molar-refractivity contribution in [1.82, 2.24) is 5.32 Å². The summed E-state index contributed by atoms with van der Waals surface area (Å²) < 4.78 is 12.1. The molecule has 146 valence electrons. The summed E-state index contributed by atoms with van der Waals surface area (Å²) in [6, 6.07) is 13.6. The van der Waals surface area contributed by atoms with Gasteiger partial charge in [-0.15, -0.1) is 0 Å². The zero-order valence-corrected chi connectivity index (χ0v) is 17.7. The molecule has 1 amide bonds. The Bertz CT molecular complexity index is 736. The maximum Gasteiger partial charge on any atom is 0.258 e. The fraction of sp³-hybridized carbons (Fsp3) is 0.381. The number of carbonyl (C=O) groups is 1. The fourth-order valence-electron chi connectivity index (χ4n) is 2.57. The minimum atomic E-state index is -0.175. The molecule has 0 aromatic heterocycles. The maximum absolute atomic E-state index is 12.1. The molecule has 0 aliphatic carbocycles. The number of carbonyl (C=O) groups excluding carboxylic acids is 1. The Hall–Kier alpha value is -2.05. The van der Waals surface area contributed by atoms with Gasteiger partial charge < -0.3 is 20.1 Å². The van der Waals surface area contributed by atoms with Gasteiger partial charge >= 0.3 is 0 Å². The van der Waals surface area contributed by atoms with Crippen molar-refractivity contribution in [3.8, 4) is 11.5 Å². The van der Waals surface area contributed by atoms with Crippen LogP contribution in [0.1, 0.15) is 25.0 Å². The van der Waals surface area contributed by atoms with Gasteiger partial charge in [-0.1, -0.05) is 60.1 Å². The first kappa shape index (κ1) is 21.3. The van der Waals surface area contributed by atoms with Gasteiger partial charge in [-0.05, 0) is 17.7 Å². The lowest BCUT2D eigenvalue weighted by Gasteiger charge is -2.14. The van der Waals surface area contributed by atoms with E-state index in [9.17, 15) is 4.79 Å². The van der Waals surface area contributed by atoms with Gasteiger partial charge in [0.1, 0.15) is 6.54 Å². The summed E-state index contributed by atoms with van der Waals surface area (Å²) in [6.45, 7) is 6.74. The molecule has 0 bridgehead atoms. The van der Waals surface area contributed by atoms with Crippen LogP contribution in [0.4, 0.5) is 0 Å². The van der Waals surface area contributed by atoms with E-state index in [1.165, 1.54) is 0 Å². The number of methoxy groups -OCH3 is 1. The van der Waals surface area contributed by atoms with Crippen molar-refractivity contribution in [2.75, 3.05) is 20.3 Å². The van der Waals surface area contributed by atoms with Gasteiger partial charge in [0.25, 0.3) is 5.91 Å².